The van der Waals surface area contributed by atoms with E-state index in [1.165, 1.54) is 11.1 Å². The van der Waals surface area contributed by atoms with Crippen LogP contribution in [0.2, 0.25) is 0 Å². The van der Waals surface area contributed by atoms with Gasteiger partial charge in [-0.05, 0) is 44.7 Å². The maximum absolute atomic E-state index is 11.9. The second kappa shape index (κ2) is 11.6. The van der Waals surface area contributed by atoms with E-state index in [0.29, 0.717) is 26.4 Å². The monoisotopic (exact) mass is 375 g/mol. The summed E-state index contributed by atoms with van der Waals surface area (Å²) in [5.41, 5.74) is 2.36. The van der Waals surface area contributed by atoms with E-state index in [-0.39, 0.29) is 11.9 Å². The van der Waals surface area contributed by atoms with Crippen molar-refractivity contribution in [2.45, 2.75) is 46.8 Å². The Morgan fingerprint density at radius 1 is 1.15 bits per heavy atom. The minimum absolute atomic E-state index is 0.0102. The van der Waals surface area contributed by atoms with Crippen LogP contribution in [0.5, 0.6) is 0 Å². The summed E-state index contributed by atoms with van der Waals surface area (Å²) in [5.74, 6) is 0.853. The molecule has 1 N–H and O–H groups in total. The van der Waals surface area contributed by atoms with Crippen LogP contribution in [0.3, 0.4) is 0 Å². The number of piperidine rings is 1. The van der Waals surface area contributed by atoms with Gasteiger partial charge in [-0.2, -0.15) is 0 Å². The zero-order valence-electron chi connectivity index (χ0n) is 16.9. The molecule has 2 rings (SSSR count). The Balaban J connectivity index is 2.00. The van der Waals surface area contributed by atoms with E-state index >= 15 is 0 Å². The van der Waals surface area contributed by atoms with Gasteiger partial charge in [0, 0.05) is 26.2 Å². The molecule has 6 nitrogen and oxygen atoms in total. The molecule has 1 aromatic carbocycles. The molecule has 150 valence electrons. The van der Waals surface area contributed by atoms with Gasteiger partial charge in [-0.25, -0.2) is 4.99 Å². The highest BCUT2D eigenvalue weighted by molar-refractivity contribution is 5.80. The number of ether oxygens (including phenoxy) is 2. The first-order valence-corrected chi connectivity index (χ1v) is 10.0. The summed E-state index contributed by atoms with van der Waals surface area (Å²) in [6, 6.07) is 8.28. The topological polar surface area (TPSA) is 63.2 Å². The fourth-order valence-electron chi connectivity index (χ4n) is 3.24. The molecule has 0 amide bonds. The first-order chi connectivity index (χ1) is 13.2. The fourth-order valence-corrected chi connectivity index (χ4v) is 3.24. The molecule has 0 unspecified atom stereocenters. The van der Waals surface area contributed by atoms with E-state index in [9.17, 15) is 4.79 Å². The molecule has 0 atom stereocenters. The van der Waals surface area contributed by atoms with Gasteiger partial charge in [-0.1, -0.05) is 24.3 Å². The van der Waals surface area contributed by atoms with Gasteiger partial charge in [0.15, 0.2) is 5.96 Å². The largest absolute Gasteiger partial charge is 0.466 e. The van der Waals surface area contributed by atoms with Crippen molar-refractivity contribution in [1.82, 2.24) is 10.2 Å². The lowest BCUT2D eigenvalue weighted by atomic mass is 9.97. The predicted octanol–water partition coefficient (Wildman–Crippen LogP) is 2.96. The van der Waals surface area contributed by atoms with Gasteiger partial charge < -0.3 is 19.7 Å². The minimum atomic E-state index is -0.0658. The van der Waals surface area contributed by atoms with Crippen molar-refractivity contribution >= 4 is 11.9 Å². The van der Waals surface area contributed by atoms with Crippen LogP contribution >= 0.6 is 0 Å². The molecule has 6 heteroatoms. The average molecular weight is 376 g/mol. The van der Waals surface area contributed by atoms with Gasteiger partial charge in [-0.3, -0.25) is 4.79 Å². The zero-order chi connectivity index (χ0) is 19.5. The zero-order valence-corrected chi connectivity index (χ0v) is 16.9. The SMILES string of the molecule is CCNC(=NCc1ccccc1COCC)N1CCC(C(=O)OCC)CC1. The normalized spacial score (nSPS) is 15.7. The lowest BCUT2D eigenvalue weighted by Crippen LogP contribution is -2.46. The Labute approximate surface area is 162 Å². The van der Waals surface area contributed by atoms with E-state index in [0.717, 1.165) is 38.4 Å². The number of nitrogens with one attached hydrogen (secondary N) is 1. The summed E-state index contributed by atoms with van der Waals surface area (Å²) in [6.45, 7) is 10.8. The third-order valence-electron chi connectivity index (χ3n) is 4.73. The number of carbonyl (C=O) groups is 1. The fraction of sp³-hybridized carbons (Fsp3) is 0.619. The number of benzene rings is 1. The molecular formula is C21H33N3O3. The minimum Gasteiger partial charge on any atom is -0.466 e. The van der Waals surface area contributed by atoms with Gasteiger partial charge in [-0.15, -0.1) is 0 Å². The number of guanidine groups is 1. The maximum atomic E-state index is 11.9. The molecule has 1 aliphatic rings. The summed E-state index contributed by atoms with van der Waals surface area (Å²) in [6.07, 6.45) is 1.62. The number of aliphatic imine (C=N–C) groups is 1. The molecule has 0 saturated carbocycles. The number of hydrogen-bond donors (Lipinski definition) is 1. The third-order valence-corrected chi connectivity index (χ3v) is 4.73. The lowest BCUT2D eigenvalue weighted by Gasteiger charge is -2.33. The number of hydrogen-bond acceptors (Lipinski definition) is 4. The van der Waals surface area contributed by atoms with Crippen LogP contribution in [-0.4, -0.2) is 49.7 Å². The highest BCUT2D eigenvalue weighted by Crippen LogP contribution is 2.19. The Bertz CT molecular complexity index is 610. The van der Waals surface area contributed by atoms with E-state index in [1.807, 2.05) is 26.0 Å². The van der Waals surface area contributed by atoms with Gasteiger partial charge in [0.25, 0.3) is 0 Å². The maximum Gasteiger partial charge on any atom is 0.309 e. The summed E-state index contributed by atoms with van der Waals surface area (Å²) < 4.78 is 10.7. The van der Waals surface area contributed by atoms with E-state index in [1.54, 1.807) is 0 Å². The Morgan fingerprint density at radius 2 is 1.85 bits per heavy atom. The molecule has 1 fully saturated rings. The number of nitrogens with zero attached hydrogens (tertiary/aromatic N) is 2. The van der Waals surface area contributed by atoms with Crippen molar-refractivity contribution in [3.8, 4) is 0 Å². The smallest absolute Gasteiger partial charge is 0.309 e. The molecule has 1 saturated heterocycles. The second-order valence-corrected chi connectivity index (χ2v) is 6.59. The van der Waals surface area contributed by atoms with Crippen molar-refractivity contribution in [2.75, 3.05) is 32.8 Å². The Kier molecular flexibility index (Phi) is 9.11. The number of likely N-dealkylation sites (tertiary alicyclic amines) is 1. The Hall–Kier alpha value is -2.08. The molecule has 1 aromatic rings. The predicted molar refractivity (Wildman–Crippen MR) is 108 cm³/mol. The van der Waals surface area contributed by atoms with Crippen LogP contribution in [-0.2, 0) is 27.4 Å². The van der Waals surface area contributed by atoms with Gasteiger partial charge in [0.05, 0.1) is 25.7 Å². The quantitative estimate of drug-likeness (QED) is 0.430. The molecule has 0 aliphatic carbocycles. The highest BCUT2D eigenvalue weighted by atomic mass is 16.5. The first kappa shape index (κ1) is 21.2. The highest BCUT2D eigenvalue weighted by Gasteiger charge is 2.27. The number of rotatable bonds is 8. The van der Waals surface area contributed by atoms with E-state index in [2.05, 4.69) is 29.3 Å². The van der Waals surface area contributed by atoms with Crippen LogP contribution in [0.15, 0.2) is 29.3 Å². The number of esters is 1. The summed E-state index contributed by atoms with van der Waals surface area (Å²) >= 11 is 0. The molecule has 27 heavy (non-hydrogen) atoms. The Morgan fingerprint density at radius 3 is 2.48 bits per heavy atom. The average Bonchev–Trinajstić information content (AvgIpc) is 2.70. The first-order valence-electron chi connectivity index (χ1n) is 10.0. The second-order valence-electron chi connectivity index (χ2n) is 6.59. The third kappa shape index (κ3) is 6.54. The molecule has 1 heterocycles. The van der Waals surface area contributed by atoms with Crippen LogP contribution in [0, 0.1) is 5.92 Å². The van der Waals surface area contributed by atoms with Crippen molar-refractivity contribution < 1.29 is 14.3 Å². The molecule has 0 aromatic heterocycles. The van der Waals surface area contributed by atoms with Crippen LogP contribution in [0.4, 0.5) is 0 Å². The van der Waals surface area contributed by atoms with Crippen molar-refractivity contribution in [3.05, 3.63) is 35.4 Å². The van der Waals surface area contributed by atoms with Crippen LogP contribution in [0.1, 0.15) is 44.7 Å². The summed E-state index contributed by atoms with van der Waals surface area (Å²) in [4.78, 5) is 19.0. The van der Waals surface area contributed by atoms with Gasteiger partial charge in [0.1, 0.15) is 0 Å². The molecule has 0 bridgehead atoms. The van der Waals surface area contributed by atoms with Crippen molar-refractivity contribution in [1.29, 1.82) is 0 Å². The van der Waals surface area contributed by atoms with Gasteiger partial charge >= 0.3 is 5.97 Å². The molecule has 0 spiro atoms. The van der Waals surface area contributed by atoms with Crippen molar-refractivity contribution in [3.63, 3.8) is 0 Å². The number of carbonyl (C=O) groups excluding carboxylic acids is 1. The molecular weight excluding hydrogens is 342 g/mol. The van der Waals surface area contributed by atoms with Gasteiger partial charge in [0.2, 0.25) is 0 Å². The lowest BCUT2D eigenvalue weighted by molar-refractivity contribution is -0.149. The van der Waals surface area contributed by atoms with E-state index in [4.69, 9.17) is 14.5 Å². The van der Waals surface area contributed by atoms with Crippen LogP contribution < -0.4 is 5.32 Å². The standard InChI is InChI=1S/C21H33N3O3/c1-4-22-21(24-13-11-17(12-14-24)20(25)27-6-3)23-15-18-9-7-8-10-19(18)16-26-5-2/h7-10,17H,4-6,11-16H2,1-3H3,(H,22,23). The van der Waals surface area contributed by atoms with Crippen molar-refractivity contribution in [2.24, 2.45) is 10.9 Å². The molecule has 0 radical (unpaired) electrons. The summed E-state index contributed by atoms with van der Waals surface area (Å²) in [5, 5.41) is 3.38. The molecule has 1 aliphatic heterocycles. The summed E-state index contributed by atoms with van der Waals surface area (Å²) in [7, 11) is 0. The van der Waals surface area contributed by atoms with E-state index < -0.39 is 0 Å². The van der Waals surface area contributed by atoms with Crippen LogP contribution in [0.25, 0.3) is 0 Å².